The first-order valence-corrected chi connectivity index (χ1v) is 7.55. The van der Waals surface area contributed by atoms with Gasteiger partial charge in [0.05, 0.1) is 9.90 Å². The van der Waals surface area contributed by atoms with Gasteiger partial charge in [-0.1, -0.05) is 35.0 Å². The summed E-state index contributed by atoms with van der Waals surface area (Å²) in [6.45, 7) is 1.70. The lowest BCUT2D eigenvalue weighted by Gasteiger charge is -2.06. The maximum Gasteiger partial charge on any atom is 0.258 e. The van der Waals surface area contributed by atoms with Crippen LogP contribution in [0.15, 0.2) is 24.3 Å². The Kier molecular flexibility index (Phi) is 5.27. The molecular weight excluding hydrogens is 329 g/mol. The van der Waals surface area contributed by atoms with Gasteiger partial charge in [-0.05, 0) is 36.8 Å². The van der Waals surface area contributed by atoms with Gasteiger partial charge in [-0.2, -0.15) is 0 Å². The fourth-order valence-electron chi connectivity index (χ4n) is 1.71. The van der Waals surface area contributed by atoms with Crippen LogP contribution in [0, 0.1) is 18.8 Å². The van der Waals surface area contributed by atoms with Crippen molar-refractivity contribution in [2.45, 2.75) is 6.92 Å². The molecule has 0 bridgehead atoms. The fourth-order valence-corrected chi connectivity index (χ4v) is 3.17. The Morgan fingerprint density at radius 3 is 2.71 bits per heavy atom. The highest BCUT2D eigenvalue weighted by atomic mass is 35.5. The third kappa shape index (κ3) is 3.99. The summed E-state index contributed by atoms with van der Waals surface area (Å²) in [7, 11) is 0. The van der Waals surface area contributed by atoms with E-state index in [9.17, 15) is 4.79 Å². The summed E-state index contributed by atoms with van der Waals surface area (Å²) in [5.74, 6) is 5.12. The molecule has 0 saturated heterocycles. The number of carbonyl (C=O) groups excluding carboxylic acids is 1. The number of carbonyl (C=O) groups is 1. The first-order chi connectivity index (χ1) is 10.0. The number of aliphatic hydroxyl groups is 1. The SMILES string of the molecule is Cc1cc(NC(=O)c2cc(Cl)sc2Cl)ccc1C#CCO. The molecule has 1 amide bonds. The summed E-state index contributed by atoms with van der Waals surface area (Å²) in [6, 6.07) is 6.88. The summed E-state index contributed by atoms with van der Waals surface area (Å²) in [4.78, 5) is 12.1. The Bertz CT molecular complexity index is 744. The van der Waals surface area contributed by atoms with Gasteiger partial charge in [0, 0.05) is 11.3 Å². The van der Waals surface area contributed by atoms with Crippen LogP contribution >= 0.6 is 34.5 Å². The second-order valence-corrected chi connectivity index (χ2v) is 6.47. The van der Waals surface area contributed by atoms with Crippen LogP contribution < -0.4 is 5.32 Å². The van der Waals surface area contributed by atoms with Crippen LogP contribution in [0.2, 0.25) is 8.67 Å². The Morgan fingerprint density at radius 2 is 2.14 bits per heavy atom. The molecule has 0 atom stereocenters. The van der Waals surface area contributed by atoms with Gasteiger partial charge >= 0.3 is 0 Å². The van der Waals surface area contributed by atoms with Gasteiger partial charge in [-0.3, -0.25) is 4.79 Å². The number of anilines is 1. The summed E-state index contributed by atoms with van der Waals surface area (Å²) in [6.07, 6.45) is 0. The zero-order valence-electron chi connectivity index (χ0n) is 11.0. The van der Waals surface area contributed by atoms with Gasteiger partial charge < -0.3 is 10.4 Å². The fraction of sp³-hybridized carbons (Fsp3) is 0.133. The third-order valence-electron chi connectivity index (χ3n) is 2.69. The van der Waals surface area contributed by atoms with E-state index < -0.39 is 0 Å². The first-order valence-electron chi connectivity index (χ1n) is 5.98. The summed E-state index contributed by atoms with van der Waals surface area (Å²) in [5, 5.41) is 11.5. The molecule has 0 unspecified atom stereocenters. The van der Waals surface area contributed by atoms with Crippen LogP contribution in [0.3, 0.4) is 0 Å². The Hall–Kier alpha value is -1.51. The quantitative estimate of drug-likeness (QED) is 0.813. The molecule has 1 heterocycles. The van der Waals surface area contributed by atoms with Crippen LogP contribution in [0.5, 0.6) is 0 Å². The lowest BCUT2D eigenvalue weighted by atomic mass is 10.1. The molecule has 2 rings (SSSR count). The predicted octanol–water partition coefficient (Wildman–Crippen LogP) is 3.96. The summed E-state index contributed by atoms with van der Waals surface area (Å²) < 4.78 is 0.829. The molecule has 0 saturated carbocycles. The van der Waals surface area contributed by atoms with E-state index in [0.29, 0.717) is 19.9 Å². The number of rotatable bonds is 2. The minimum atomic E-state index is -0.309. The topological polar surface area (TPSA) is 49.3 Å². The van der Waals surface area contributed by atoms with E-state index in [1.165, 1.54) is 6.07 Å². The number of nitrogens with one attached hydrogen (secondary N) is 1. The van der Waals surface area contributed by atoms with Crippen molar-refractivity contribution in [3.05, 3.63) is 49.6 Å². The zero-order valence-corrected chi connectivity index (χ0v) is 13.4. The Morgan fingerprint density at radius 1 is 1.38 bits per heavy atom. The standard InChI is InChI=1S/C15H11Cl2NO2S/c1-9-7-11(5-4-10(9)3-2-6-19)18-15(20)12-8-13(16)21-14(12)17/h4-5,7-8,19H,6H2,1H3,(H,18,20). The van der Waals surface area contributed by atoms with Crippen LogP contribution in [0.4, 0.5) is 5.69 Å². The van der Waals surface area contributed by atoms with Gasteiger partial charge in [0.1, 0.15) is 10.9 Å². The van der Waals surface area contributed by atoms with Gasteiger partial charge in [0.25, 0.3) is 5.91 Å². The average molecular weight is 340 g/mol. The number of benzene rings is 1. The van der Waals surface area contributed by atoms with E-state index in [0.717, 1.165) is 22.5 Å². The van der Waals surface area contributed by atoms with Gasteiger partial charge in [-0.15, -0.1) is 11.3 Å². The summed E-state index contributed by atoms with van der Waals surface area (Å²) >= 11 is 12.9. The normalized spacial score (nSPS) is 9.90. The van der Waals surface area contributed by atoms with Gasteiger partial charge in [0.2, 0.25) is 0 Å². The molecule has 1 aromatic carbocycles. The minimum Gasteiger partial charge on any atom is -0.384 e. The number of halogens is 2. The first kappa shape index (κ1) is 15.9. The lowest BCUT2D eigenvalue weighted by molar-refractivity contribution is 0.102. The molecule has 0 radical (unpaired) electrons. The van der Waals surface area contributed by atoms with Crippen LogP contribution in [-0.2, 0) is 0 Å². The highest BCUT2D eigenvalue weighted by Crippen LogP contribution is 2.31. The summed E-state index contributed by atoms with van der Waals surface area (Å²) in [5.41, 5.74) is 2.71. The highest BCUT2D eigenvalue weighted by molar-refractivity contribution is 7.20. The van der Waals surface area contributed by atoms with E-state index in [1.807, 2.05) is 6.92 Å². The van der Waals surface area contributed by atoms with E-state index in [2.05, 4.69) is 17.2 Å². The number of thiophene rings is 1. The van der Waals surface area contributed by atoms with Crippen molar-refractivity contribution in [2.75, 3.05) is 11.9 Å². The van der Waals surface area contributed by atoms with Crippen LogP contribution in [0.1, 0.15) is 21.5 Å². The second kappa shape index (κ2) is 6.97. The van der Waals surface area contributed by atoms with E-state index in [4.69, 9.17) is 28.3 Å². The van der Waals surface area contributed by atoms with Crippen molar-refractivity contribution in [3.8, 4) is 11.8 Å². The van der Waals surface area contributed by atoms with Crippen LogP contribution in [-0.4, -0.2) is 17.6 Å². The van der Waals surface area contributed by atoms with Crippen molar-refractivity contribution in [2.24, 2.45) is 0 Å². The maximum atomic E-state index is 12.1. The molecule has 0 aliphatic heterocycles. The molecule has 3 nitrogen and oxygen atoms in total. The molecule has 0 spiro atoms. The molecule has 6 heteroatoms. The van der Waals surface area contributed by atoms with Crippen LogP contribution in [0.25, 0.3) is 0 Å². The molecule has 2 aromatic rings. The molecule has 1 aromatic heterocycles. The average Bonchev–Trinajstić information content (AvgIpc) is 2.77. The molecule has 21 heavy (non-hydrogen) atoms. The number of hydrogen-bond donors (Lipinski definition) is 2. The minimum absolute atomic E-state index is 0.185. The van der Waals surface area contributed by atoms with Crippen molar-refractivity contribution in [1.29, 1.82) is 0 Å². The van der Waals surface area contributed by atoms with Gasteiger partial charge in [0.15, 0.2) is 0 Å². The second-order valence-electron chi connectivity index (χ2n) is 4.18. The van der Waals surface area contributed by atoms with Crippen molar-refractivity contribution < 1.29 is 9.90 Å². The number of hydrogen-bond acceptors (Lipinski definition) is 3. The smallest absolute Gasteiger partial charge is 0.258 e. The highest BCUT2D eigenvalue weighted by Gasteiger charge is 2.14. The molecule has 2 N–H and O–H groups in total. The number of aryl methyl sites for hydroxylation is 1. The molecular formula is C15H11Cl2NO2S. The van der Waals surface area contributed by atoms with Crippen molar-refractivity contribution in [3.63, 3.8) is 0 Å². The molecule has 0 aliphatic carbocycles. The molecule has 0 aliphatic rings. The third-order valence-corrected chi connectivity index (χ3v) is 4.18. The Labute approximate surface area is 136 Å². The zero-order chi connectivity index (χ0) is 15.4. The maximum absolute atomic E-state index is 12.1. The lowest BCUT2D eigenvalue weighted by Crippen LogP contribution is -2.11. The molecule has 108 valence electrons. The Balaban J connectivity index is 2.18. The van der Waals surface area contributed by atoms with Crippen molar-refractivity contribution in [1.82, 2.24) is 0 Å². The number of aliphatic hydroxyl groups excluding tert-OH is 1. The van der Waals surface area contributed by atoms with Crippen molar-refractivity contribution >= 4 is 46.1 Å². The van der Waals surface area contributed by atoms with E-state index >= 15 is 0 Å². The monoisotopic (exact) mass is 339 g/mol. The molecule has 0 fully saturated rings. The van der Waals surface area contributed by atoms with E-state index in [1.54, 1.807) is 18.2 Å². The van der Waals surface area contributed by atoms with E-state index in [-0.39, 0.29) is 12.5 Å². The largest absolute Gasteiger partial charge is 0.384 e. The van der Waals surface area contributed by atoms with Gasteiger partial charge in [-0.25, -0.2) is 0 Å². The number of amides is 1. The predicted molar refractivity (Wildman–Crippen MR) is 87.4 cm³/mol.